The summed E-state index contributed by atoms with van der Waals surface area (Å²) in [5, 5.41) is 89.9. The lowest BCUT2D eigenvalue weighted by Crippen LogP contribution is -2.14. The molecule has 44 heteroatoms. The van der Waals surface area contributed by atoms with E-state index in [9.17, 15) is 29.2 Å². The van der Waals surface area contributed by atoms with E-state index in [-0.39, 0.29) is 31.5 Å². The number of hydrogen-bond donors (Lipinski definition) is 13. The molecule has 0 saturated carbocycles. The van der Waals surface area contributed by atoms with E-state index in [4.69, 9.17) is 45.2 Å². The highest BCUT2D eigenvalue weighted by molar-refractivity contribution is 6.06. The Hall–Kier alpha value is -16.9. The van der Waals surface area contributed by atoms with Crippen molar-refractivity contribution in [1.29, 1.82) is 0 Å². The molecular weight excluding hydrogens is 1630 g/mol. The van der Waals surface area contributed by atoms with Gasteiger partial charge in [-0.05, 0) is 86.2 Å². The third-order valence-electron chi connectivity index (χ3n) is 19.6. The van der Waals surface area contributed by atoms with E-state index in [1.54, 1.807) is 93.1 Å². The molecule has 20 aromatic rings. The lowest BCUT2D eigenvalue weighted by Gasteiger charge is -2.05. The average molecular weight is 1720 g/mol. The number of benzene rings is 5. The van der Waals surface area contributed by atoms with Crippen LogP contribution in [0.5, 0.6) is 5.75 Å². The summed E-state index contributed by atoms with van der Waals surface area (Å²) in [6, 6.07) is 31.2. The van der Waals surface area contributed by atoms with Gasteiger partial charge in [0.25, 0.3) is 0 Å². The van der Waals surface area contributed by atoms with Gasteiger partial charge in [-0.2, -0.15) is 40.8 Å². The zero-order valence-electron chi connectivity index (χ0n) is 69.5. The van der Waals surface area contributed by atoms with Gasteiger partial charge in [-0.25, -0.2) is 107 Å². The highest BCUT2D eigenvalue weighted by Crippen LogP contribution is 2.38. The number of aliphatic hydroxyl groups excluding tert-OH is 3. The van der Waals surface area contributed by atoms with E-state index < -0.39 is 17.2 Å². The van der Waals surface area contributed by atoms with Crippen molar-refractivity contribution in [2.24, 2.45) is 49.3 Å². The number of nitrogen functional groups attached to an aromatic ring is 7. The topological polar surface area (TPSA) is 617 Å². The fraction of sp³-hybridized carbons (Fsp3) is 0.181. The van der Waals surface area contributed by atoms with Gasteiger partial charge in [0.1, 0.15) is 131 Å². The summed E-state index contributed by atoms with van der Waals surface area (Å²) in [6.45, 7) is 3.29. The number of nitrogens with two attached hydrogens (primary N) is 7. The van der Waals surface area contributed by atoms with Crippen molar-refractivity contribution >= 4 is 129 Å². The van der Waals surface area contributed by atoms with Crippen LogP contribution in [0.4, 0.5) is 49.5 Å². The first-order valence-corrected chi connectivity index (χ1v) is 38.5. The SMILES string of the molecule is Cn1nc(-c2ccc(F)c(O)c2)c2c(N)ncnc21.Cn1nc(-c2cccc(CO)c2)c2c(N)ncnc21.Cn1nc(-c2cccc(F)c2)c2c(N)ncnc21.Cn1nc(-c2cccc3[nH]ncc23)c2c(N)ncnc21.Cn1nc(-c2ccccc2CO)c2c(N)ncnc21.Cn1nc(C#CC(C)(C)O)c2c(N)ncnc21.Cn1nc(CCCO)c2c(N)ncnc21. The number of aliphatic hydroxyl groups is 4. The number of halogens is 2. The van der Waals surface area contributed by atoms with E-state index in [0.717, 1.165) is 77.6 Å². The molecule has 15 aromatic heterocycles. The molecule has 0 saturated heterocycles. The average Bonchev–Trinajstić information content (AvgIpc) is 1.64. The predicted octanol–water partition coefficient (Wildman–Crippen LogP) is 6.85. The number of aromatic amines is 1. The fourth-order valence-corrected chi connectivity index (χ4v) is 13.7. The van der Waals surface area contributed by atoms with Gasteiger partial charge in [0, 0.05) is 89.1 Å². The number of aryl methyl sites for hydroxylation is 8. The van der Waals surface area contributed by atoms with E-state index >= 15 is 0 Å². The van der Waals surface area contributed by atoms with E-state index in [2.05, 4.69) is 128 Å². The summed E-state index contributed by atoms with van der Waals surface area (Å²) in [6.07, 6.45) is 13.0. The highest BCUT2D eigenvalue weighted by atomic mass is 19.1. The highest BCUT2D eigenvalue weighted by Gasteiger charge is 2.24. The predicted molar refractivity (Wildman–Crippen MR) is 474 cm³/mol. The Morgan fingerprint density at radius 1 is 0.402 bits per heavy atom. The van der Waals surface area contributed by atoms with Crippen molar-refractivity contribution in [3.8, 4) is 73.9 Å². The molecule has 0 aliphatic rings. The summed E-state index contributed by atoms with van der Waals surface area (Å²) in [5.41, 5.74) is 55.7. The summed E-state index contributed by atoms with van der Waals surface area (Å²) in [7, 11) is 12.5. The Morgan fingerprint density at radius 3 is 1.26 bits per heavy atom. The van der Waals surface area contributed by atoms with Crippen LogP contribution >= 0.6 is 0 Å². The minimum atomic E-state index is -1.08. The molecule has 0 aliphatic carbocycles. The summed E-state index contributed by atoms with van der Waals surface area (Å²) in [5.74, 6) is 6.68. The Balaban J connectivity index is 0.000000120. The molecule has 20 rings (SSSR count). The number of rotatable bonds is 10. The molecule has 0 atom stereocenters. The fourth-order valence-electron chi connectivity index (χ4n) is 13.7. The second kappa shape index (κ2) is 36.8. The minimum absolute atomic E-state index is 0.00934. The van der Waals surface area contributed by atoms with Crippen molar-refractivity contribution < 1.29 is 34.3 Å². The number of H-pyrrole nitrogens is 1. The number of hydrogen-bond acceptors (Lipinski definition) is 34. The zero-order chi connectivity index (χ0) is 90.2. The van der Waals surface area contributed by atoms with Gasteiger partial charge in [-0.15, -0.1) is 0 Å². The number of nitrogens with zero attached hydrogens (tertiary/aromatic N) is 29. The van der Waals surface area contributed by atoms with Crippen molar-refractivity contribution in [2.75, 3.05) is 46.7 Å². The number of aromatic hydroxyl groups is 1. The van der Waals surface area contributed by atoms with Crippen LogP contribution in [0, 0.1) is 23.5 Å². The minimum Gasteiger partial charge on any atom is -0.505 e. The Labute approximate surface area is 717 Å². The lowest BCUT2D eigenvalue weighted by atomic mass is 10.0. The monoisotopic (exact) mass is 1720 g/mol. The van der Waals surface area contributed by atoms with Crippen LogP contribution in [0.15, 0.2) is 160 Å². The summed E-state index contributed by atoms with van der Waals surface area (Å²) < 4.78 is 37.8. The van der Waals surface area contributed by atoms with Crippen LogP contribution in [-0.2, 0) is 69.0 Å². The second-order valence-corrected chi connectivity index (χ2v) is 28.7. The van der Waals surface area contributed by atoms with Gasteiger partial charge < -0.3 is 65.7 Å². The number of phenolic OH excluding ortho intramolecular Hbond substituents is 1. The maximum absolute atomic E-state index is 13.3. The van der Waals surface area contributed by atoms with Crippen LogP contribution in [0.1, 0.15) is 42.8 Å². The van der Waals surface area contributed by atoms with Gasteiger partial charge in [-0.1, -0.05) is 72.7 Å². The molecule has 42 nitrogen and oxygen atoms in total. The zero-order valence-corrected chi connectivity index (χ0v) is 69.5. The summed E-state index contributed by atoms with van der Waals surface area (Å²) >= 11 is 0. The first-order chi connectivity index (χ1) is 61.0. The molecule has 20 N–H and O–H groups in total. The number of aromatic nitrogens is 30. The molecule has 0 unspecified atom stereocenters. The lowest BCUT2D eigenvalue weighted by molar-refractivity contribution is 0.143. The van der Waals surface area contributed by atoms with Gasteiger partial charge in [0.2, 0.25) is 0 Å². The molecule has 5 aromatic carbocycles. The smallest absolute Gasteiger partial charge is 0.164 e. The third-order valence-corrected chi connectivity index (χ3v) is 19.6. The van der Waals surface area contributed by atoms with Crippen LogP contribution in [-0.4, -0.2) is 186 Å². The number of fused-ring (bicyclic) bond motifs is 8. The third kappa shape index (κ3) is 18.1. The maximum Gasteiger partial charge on any atom is 0.164 e. The standard InChI is InChI=1S/C13H11N7.2C13H13N5O.C12H10FN5O.C12H10FN5.C11H13N5O.C9H13N5O/c1-20-13-10(12(14)15-6-16-13)11(19-20)7-3-2-4-9-8(7)5-17-18-9;1-18-13-10(12(14)15-7-16-13)11(17-18)9-4-2-3-8(5-9)6-19;1-18-13-10(12(14)15-7-16-13)11(17-18)9-5-3-2-4-8(9)6-19;1-18-12-9(11(14)15-5-16-12)10(17-18)6-2-3-7(13)8(19)4-6;1-18-12-9(11(14)15-6-16-12)10(17-18)7-3-2-4-8(13)5-7;1-11(2,17)5-4-7-8-9(12)13-6-14-10(8)16(3)15-7;1-14-9-7(8(10)11-5-12-9)6(13-14)3-2-4-15/h2-6H,1H3,(H,17,18)(H2,14,15,16);2*2-5,7,19H,6H2,1H3,(H2,14,15,16);2-5,19H,1H3,(H2,14,15,16);2-6H,1H3,(H2,14,15,16);6,17H,1-3H3,(H2,12,13,14);5,15H,2-4H2,1H3,(H2,10,11,12). The van der Waals surface area contributed by atoms with Gasteiger partial charge >= 0.3 is 0 Å². The molecule has 0 aliphatic heterocycles. The quantitative estimate of drug-likeness (QED) is 0.0623. The molecule has 0 bridgehead atoms. The van der Waals surface area contributed by atoms with Crippen molar-refractivity contribution in [3.63, 3.8) is 0 Å². The van der Waals surface area contributed by atoms with Gasteiger partial charge in [-0.3, -0.25) is 9.78 Å². The van der Waals surface area contributed by atoms with Crippen molar-refractivity contribution in [3.05, 3.63) is 194 Å². The van der Waals surface area contributed by atoms with Crippen molar-refractivity contribution in [1.82, 2.24) is 148 Å². The van der Waals surface area contributed by atoms with E-state index in [1.165, 1.54) is 74.6 Å². The van der Waals surface area contributed by atoms with E-state index in [1.807, 2.05) is 87.9 Å². The first kappa shape index (κ1) is 86.5. The molecular formula is C83H83F2N37O5. The number of phenols is 1. The van der Waals surface area contributed by atoms with Crippen molar-refractivity contribution in [2.45, 2.75) is 45.5 Å². The van der Waals surface area contributed by atoms with Gasteiger partial charge in [0.15, 0.2) is 51.1 Å². The molecule has 644 valence electrons. The molecule has 0 spiro atoms. The Morgan fingerprint density at radius 2 is 0.795 bits per heavy atom. The maximum atomic E-state index is 13.3. The Kier molecular flexibility index (Phi) is 25.1. The Bertz CT molecular complexity index is 7520. The van der Waals surface area contributed by atoms with Crippen LogP contribution in [0.25, 0.3) is 144 Å². The summed E-state index contributed by atoms with van der Waals surface area (Å²) in [4.78, 5) is 56.9. The van der Waals surface area contributed by atoms with Crippen LogP contribution in [0.2, 0.25) is 0 Å². The largest absolute Gasteiger partial charge is 0.505 e. The number of nitrogens with one attached hydrogen (secondary N) is 1. The van der Waals surface area contributed by atoms with E-state index in [0.29, 0.717) is 137 Å². The molecule has 127 heavy (non-hydrogen) atoms. The van der Waals surface area contributed by atoms with Crippen LogP contribution in [0.3, 0.4) is 0 Å². The first-order valence-electron chi connectivity index (χ1n) is 38.5. The molecule has 15 heterocycles. The van der Waals surface area contributed by atoms with Crippen LogP contribution < -0.4 is 40.1 Å². The van der Waals surface area contributed by atoms with Gasteiger partial charge in [0.05, 0.1) is 68.3 Å². The second-order valence-electron chi connectivity index (χ2n) is 28.7. The molecule has 0 radical (unpaired) electrons. The number of anilines is 7. The molecule has 0 fully saturated rings. The molecule has 0 amide bonds. The normalized spacial score (nSPS) is 11.1.